The summed E-state index contributed by atoms with van der Waals surface area (Å²) in [5, 5.41) is 22.7. The fourth-order valence-corrected chi connectivity index (χ4v) is 1.82. The van der Waals surface area contributed by atoms with Gasteiger partial charge in [-0.05, 0) is 38.4 Å². The molecule has 21 heavy (non-hydrogen) atoms. The normalized spacial score (nSPS) is 18.8. The molecule has 1 fully saturated rings. The Labute approximate surface area is 123 Å². The molecule has 0 saturated carbocycles. The van der Waals surface area contributed by atoms with Crippen molar-refractivity contribution >= 4 is 17.6 Å². The molecular weight excluding hydrogens is 274 g/mol. The van der Waals surface area contributed by atoms with Crippen LogP contribution >= 0.6 is 0 Å². The third kappa shape index (κ3) is 6.71. The zero-order chi connectivity index (χ0) is 15.7. The van der Waals surface area contributed by atoms with E-state index in [4.69, 9.17) is 10.2 Å². The van der Waals surface area contributed by atoms with Crippen LogP contribution in [0.1, 0.15) is 26.2 Å². The Bertz CT molecular complexity index is 447. The predicted molar refractivity (Wildman–Crippen MR) is 78.2 cm³/mol. The van der Waals surface area contributed by atoms with Gasteiger partial charge in [0, 0.05) is 12.4 Å². The molecule has 0 radical (unpaired) electrons. The number of aliphatic carboxylic acids is 2. The summed E-state index contributed by atoms with van der Waals surface area (Å²) >= 11 is 0. The lowest BCUT2D eigenvalue weighted by atomic mass is 10.1. The van der Waals surface area contributed by atoms with Gasteiger partial charge >= 0.3 is 11.9 Å². The Hall–Kier alpha value is -2.15. The second-order valence-electron chi connectivity index (χ2n) is 4.79. The molecule has 1 aliphatic rings. The first-order valence-corrected chi connectivity index (χ1v) is 6.86. The van der Waals surface area contributed by atoms with Gasteiger partial charge in [-0.15, -0.1) is 0 Å². The van der Waals surface area contributed by atoms with Gasteiger partial charge in [0.15, 0.2) is 0 Å². The molecule has 7 heteroatoms. The van der Waals surface area contributed by atoms with E-state index in [0.717, 1.165) is 25.8 Å². The average Bonchev–Trinajstić information content (AvgIpc) is 2.49. The van der Waals surface area contributed by atoms with Crippen molar-refractivity contribution in [3.8, 4) is 0 Å². The van der Waals surface area contributed by atoms with E-state index in [9.17, 15) is 9.59 Å². The van der Waals surface area contributed by atoms with E-state index in [-0.39, 0.29) is 6.04 Å². The molecule has 0 bridgehead atoms. The van der Waals surface area contributed by atoms with Crippen LogP contribution in [0.4, 0.5) is 5.69 Å². The Morgan fingerprint density at radius 1 is 1.43 bits per heavy atom. The lowest BCUT2D eigenvalue weighted by molar-refractivity contribution is -0.140. The first kappa shape index (κ1) is 16.9. The van der Waals surface area contributed by atoms with Crippen LogP contribution in [0.5, 0.6) is 0 Å². The molecule has 0 aromatic carbocycles. The van der Waals surface area contributed by atoms with Gasteiger partial charge in [-0.2, -0.15) is 0 Å². The molecule has 1 aromatic heterocycles. The number of pyridine rings is 1. The molecule has 1 aliphatic heterocycles. The van der Waals surface area contributed by atoms with Crippen molar-refractivity contribution in [3.63, 3.8) is 0 Å². The van der Waals surface area contributed by atoms with Gasteiger partial charge in [0.05, 0.1) is 5.69 Å². The predicted octanol–water partition coefficient (Wildman–Crippen LogP) is 1.18. The highest BCUT2D eigenvalue weighted by Gasteiger charge is 2.18. The Morgan fingerprint density at radius 2 is 2.19 bits per heavy atom. The van der Waals surface area contributed by atoms with Gasteiger partial charge in [-0.1, -0.05) is 6.42 Å². The Kier molecular flexibility index (Phi) is 7.17. The molecule has 0 spiro atoms. The van der Waals surface area contributed by atoms with Gasteiger partial charge in [-0.25, -0.2) is 0 Å². The van der Waals surface area contributed by atoms with Crippen LogP contribution in [0.15, 0.2) is 24.5 Å². The highest BCUT2D eigenvalue weighted by atomic mass is 16.4. The maximum absolute atomic E-state index is 10.4. The number of carboxylic acid groups (broad SMARTS) is 2. The van der Waals surface area contributed by atoms with Crippen LogP contribution in [-0.4, -0.2) is 45.8 Å². The molecule has 2 heterocycles. The first-order valence-electron chi connectivity index (χ1n) is 6.86. The molecule has 7 nitrogen and oxygen atoms in total. The average molecular weight is 295 g/mol. The third-order valence-corrected chi connectivity index (χ3v) is 3.02. The standard InChI is InChI=1S/C8H10N2O2.C6H11NO2/c1-6(8(11)12)10-7-3-2-4-9-5-7;8-6(9)5-3-1-2-4-7-5/h2-6,10H,1H3,(H,11,12);5,7H,1-4H2,(H,8,9)/t6-;/m0./s1. The summed E-state index contributed by atoms with van der Waals surface area (Å²) in [5.41, 5.74) is 0.715. The number of anilines is 1. The highest BCUT2D eigenvalue weighted by molar-refractivity contribution is 5.76. The first-order chi connectivity index (χ1) is 10.0. The molecule has 1 saturated heterocycles. The van der Waals surface area contributed by atoms with Crippen LogP contribution in [0.2, 0.25) is 0 Å². The molecule has 116 valence electrons. The number of rotatable bonds is 4. The van der Waals surface area contributed by atoms with E-state index in [1.807, 2.05) is 0 Å². The Morgan fingerprint density at radius 3 is 2.62 bits per heavy atom. The van der Waals surface area contributed by atoms with Crippen molar-refractivity contribution in [2.24, 2.45) is 0 Å². The second kappa shape index (κ2) is 8.91. The SMILES string of the molecule is C[C@H](Nc1cccnc1)C(=O)O.O=C(O)C1CCCCN1. The fraction of sp³-hybridized carbons (Fsp3) is 0.500. The summed E-state index contributed by atoms with van der Waals surface area (Å²) in [4.78, 5) is 24.6. The number of hydrogen-bond donors (Lipinski definition) is 4. The topological polar surface area (TPSA) is 112 Å². The molecular formula is C14H21N3O4. The van der Waals surface area contributed by atoms with Crippen LogP contribution in [-0.2, 0) is 9.59 Å². The fourth-order valence-electron chi connectivity index (χ4n) is 1.82. The zero-order valence-corrected chi connectivity index (χ0v) is 12.0. The van der Waals surface area contributed by atoms with E-state index in [2.05, 4.69) is 15.6 Å². The van der Waals surface area contributed by atoms with Crippen LogP contribution < -0.4 is 10.6 Å². The number of aromatic nitrogens is 1. The van der Waals surface area contributed by atoms with Crippen molar-refractivity contribution in [3.05, 3.63) is 24.5 Å². The number of piperidine rings is 1. The maximum Gasteiger partial charge on any atom is 0.325 e. The number of nitrogens with one attached hydrogen (secondary N) is 2. The summed E-state index contributed by atoms with van der Waals surface area (Å²) in [6.45, 7) is 2.44. The van der Waals surface area contributed by atoms with E-state index in [1.165, 1.54) is 0 Å². The number of carboxylic acids is 2. The zero-order valence-electron chi connectivity index (χ0n) is 12.0. The third-order valence-electron chi connectivity index (χ3n) is 3.02. The highest BCUT2D eigenvalue weighted by Crippen LogP contribution is 2.06. The molecule has 0 aliphatic carbocycles. The second-order valence-corrected chi connectivity index (χ2v) is 4.79. The Balaban J connectivity index is 0.000000219. The summed E-state index contributed by atoms with van der Waals surface area (Å²) < 4.78 is 0. The van der Waals surface area contributed by atoms with Gasteiger partial charge in [0.1, 0.15) is 12.1 Å². The van der Waals surface area contributed by atoms with Gasteiger partial charge in [-0.3, -0.25) is 14.6 Å². The maximum atomic E-state index is 10.4. The minimum atomic E-state index is -0.876. The summed E-state index contributed by atoms with van der Waals surface area (Å²) in [5.74, 6) is -1.59. The van der Waals surface area contributed by atoms with Gasteiger partial charge in [0.2, 0.25) is 0 Å². The quantitative estimate of drug-likeness (QED) is 0.660. The molecule has 2 rings (SSSR count). The van der Waals surface area contributed by atoms with E-state index in [1.54, 1.807) is 31.5 Å². The number of carbonyl (C=O) groups is 2. The molecule has 0 amide bonds. The van der Waals surface area contributed by atoms with Crippen molar-refractivity contribution in [1.29, 1.82) is 0 Å². The van der Waals surface area contributed by atoms with Crippen molar-refractivity contribution in [1.82, 2.24) is 10.3 Å². The molecule has 4 N–H and O–H groups in total. The summed E-state index contributed by atoms with van der Waals surface area (Å²) in [7, 11) is 0. The van der Waals surface area contributed by atoms with Crippen molar-refractivity contribution in [2.75, 3.05) is 11.9 Å². The molecule has 2 atom stereocenters. The van der Waals surface area contributed by atoms with Gasteiger partial charge < -0.3 is 20.8 Å². The van der Waals surface area contributed by atoms with E-state index < -0.39 is 18.0 Å². The molecule has 1 aromatic rings. The van der Waals surface area contributed by atoms with Crippen LogP contribution in [0.25, 0.3) is 0 Å². The minimum Gasteiger partial charge on any atom is -0.480 e. The summed E-state index contributed by atoms with van der Waals surface area (Å²) in [6, 6.07) is 2.65. The molecule has 1 unspecified atom stereocenters. The minimum absolute atomic E-state index is 0.279. The number of hydrogen-bond acceptors (Lipinski definition) is 5. The largest absolute Gasteiger partial charge is 0.480 e. The monoisotopic (exact) mass is 295 g/mol. The van der Waals surface area contributed by atoms with Gasteiger partial charge in [0.25, 0.3) is 0 Å². The van der Waals surface area contributed by atoms with Crippen LogP contribution in [0.3, 0.4) is 0 Å². The lowest BCUT2D eigenvalue weighted by Crippen LogP contribution is -2.40. The summed E-state index contributed by atoms with van der Waals surface area (Å²) in [6.07, 6.45) is 6.17. The van der Waals surface area contributed by atoms with Crippen molar-refractivity contribution in [2.45, 2.75) is 38.3 Å². The number of nitrogens with zero attached hydrogens (tertiary/aromatic N) is 1. The van der Waals surface area contributed by atoms with E-state index in [0.29, 0.717) is 5.69 Å². The lowest BCUT2D eigenvalue weighted by Gasteiger charge is -2.18. The van der Waals surface area contributed by atoms with Crippen molar-refractivity contribution < 1.29 is 19.8 Å². The smallest absolute Gasteiger partial charge is 0.325 e. The van der Waals surface area contributed by atoms with E-state index >= 15 is 0 Å². The van der Waals surface area contributed by atoms with Crippen LogP contribution in [0, 0.1) is 0 Å².